The maximum Gasteiger partial charge on any atom is 0.143 e. The summed E-state index contributed by atoms with van der Waals surface area (Å²) >= 11 is 0. The molecule has 0 aliphatic heterocycles. The second-order valence-electron chi connectivity index (χ2n) is 16.8. The Morgan fingerprint density at radius 3 is 1.53 bits per heavy atom. The monoisotopic (exact) mass is 841 g/mol. The van der Waals surface area contributed by atoms with Crippen LogP contribution in [0.1, 0.15) is 0 Å². The van der Waals surface area contributed by atoms with Crippen molar-refractivity contribution in [1.82, 2.24) is 0 Å². The maximum absolute atomic E-state index is 6.60. The highest BCUT2D eigenvalue weighted by atomic mass is 16.3. The molecule has 2 nitrogen and oxygen atoms in total. The van der Waals surface area contributed by atoms with Crippen molar-refractivity contribution in [3.8, 4) is 66.8 Å². The molecule has 0 spiro atoms. The summed E-state index contributed by atoms with van der Waals surface area (Å²) < 4.78 is 6.60. The van der Waals surface area contributed by atoms with Gasteiger partial charge in [-0.05, 0) is 109 Å². The molecule has 0 radical (unpaired) electrons. The normalized spacial score (nSPS) is 11.3. The number of anilines is 3. The summed E-state index contributed by atoms with van der Waals surface area (Å²) in [6, 6.07) is 94.0. The van der Waals surface area contributed by atoms with Crippen molar-refractivity contribution in [2.24, 2.45) is 0 Å². The summed E-state index contributed by atoms with van der Waals surface area (Å²) in [5.41, 5.74) is 18.8. The molecule has 0 bridgehead atoms. The third kappa shape index (κ3) is 7.02. The van der Waals surface area contributed by atoms with E-state index in [1.54, 1.807) is 0 Å². The Hall–Kier alpha value is -8.72. The number of rotatable bonds is 9. The standard InChI is InChI=1S/C64H43NO/c1-3-19-44(20-4-1)47-39-40-57(61(43-47)46-21-5-2-6-22-46)55-30-9-10-31-56(55)58-32-11-13-37-62(58)65(50-27-15-25-48(41-50)53-34-17-24-45-23-7-8-29-52(45)53)51-28-16-26-49(42-51)54-35-18-36-60-59-33-12-14-38-63(59)66-64(54)60/h1-43H. The first-order valence-electron chi connectivity index (χ1n) is 22.6. The van der Waals surface area contributed by atoms with Gasteiger partial charge in [0.25, 0.3) is 0 Å². The molecule has 0 saturated carbocycles. The Labute approximate surface area is 384 Å². The van der Waals surface area contributed by atoms with E-state index in [1.807, 2.05) is 6.07 Å². The quantitative estimate of drug-likeness (QED) is 0.144. The van der Waals surface area contributed by atoms with Crippen LogP contribution in [-0.2, 0) is 0 Å². The van der Waals surface area contributed by atoms with Crippen molar-refractivity contribution in [2.75, 3.05) is 4.90 Å². The molecule has 12 rings (SSSR count). The molecule has 0 aliphatic rings. The summed E-state index contributed by atoms with van der Waals surface area (Å²) in [5, 5.41) is 4.68. The predicted octanol–water partition coefficient (Wildman–Crippen LogP) is 18.2. The first-order chi connectivity index (χ1) is 32.7. The topological polar surface area (TPSA) is 16.4 Å². The smallest absolute Gasteiger partial charge is 0.143 e. The zero-order chi connectivity index (χ0) is 43.8. The molecule has 0 atom stereocenters. The van der Waals surface area contributed by atoms with Crippen molar-refractivity contribution in [2.45, 2.75) is 0 Å². The van der Waals surface area contributed by atoms with Crippen molar-refractivity contribution >= 4 is 49.8 Å². The Bertz CT molecular complexity index is 3710. The highest BCUT2D eigenvalue weighted by molar-refractivity contribution is 6.10. The van der Waals surface area contributed by atoms with Gasteiger partial charge in [0, 0.05) is 33.3 Å². The van der Waals surface area contributed by atoms with Gasteiger partial charge in [0.05, 0.1) is 5.69 Å². The lowest BCUT2D eigenvalue weighted by molar-refractivity contribution is 0.670. The minimum atomic E-state index is 0.890. The molecule has 0 aliphatic carbocycles. The second-order valence-corrected chi connectivity index (χ2v) is 16.8. The summed E-state index contributed by atoms with van der Waals surface area (Å²) in [7, 11) is 0. The Balaban J connectivity index is 1.07. The molecule has 1 aromatic heterocycles. The van der Waals surface area contributed by atoms with Gasteiger partial charge in [0.2, 0.25) is 0 Å². The van der Waals surface area contributed by atoms with Gasteiger partial charge < -0.3 is 9.32 Å². The third-order valence-corrected chi connectivity index (χ3v) is 12.9. The maximum atomic E-state index is 6.60. The molecular weight excluding hydrogens is 799 g/mol. The zero-order valence-corrected chi connectivity index (χ0v) is 36.2. The highest BCUT2D eigenvalue weighted by Gasteiger charge is 2.22. The fraction of sp³-hybridized carbons (Fsp3) is 0. The van der Waals surface area contributed by atoms with E-state index >= 15 is 0 Å². The molecule has 66 heavy (non-hydrogen) atoms. The number of furan rings is 1. The van der Waals surface area contributed by atoms with Crippen molar-refractivity contribution in [1.29, 1.82) is 0 Å². The van der Waals surface area contributed by atoms with Gasteiger partial charge in [-0.3, -0.25) is 0 Å². The molecule has 1 heterocycles. The summed E-state index contributed by atoms with van der Waals surface area (Å²) in [4.78, 5) is 2.43. The van der Waals surface area contributed by atoms with Crippen molar-refractivity contribution in [3.05, 3.63) is 261 Å². The van der Waals surface area contributed by atoms with Gasteiger partial charge in [-0.1, -0.05) is 218 Å². The molecule has 0 unspecified atom stereocenters. The number of para-hydroxylation sites is 3. The number of hydrogen-bond acceptors (Lipinski definition) is 2. The van der Waals surface area contributed by atoms with Crippen LogP contribution in [0, 0.1) is 0 Å². The lowest BCUT2D eigenvalue weighted by Crippen LogP contribution is -2.11. The Kier molecular flexibility index (Phi) is 9.89. The van der Waals surface area contributed by atoms with E-state index in [0.29, 0.717) is 0 Å². The SMILES string of the molecule is c1ccc(-c2ccc(-c3ccccc3-c3ccccc3N(c3cccc(-c4cccc5ccccc45)c3)c3cccc(-c4cccc5c4oc4ccccc45)c3)c(-c3ccccc3)c2)cc1. The fourth-order valence-corrected chi connectivity index (χ4v) is 9.80. The molecule has 310 valence electrons. The number of nitrogens with zero attached hydrogens (tertiary/aromatic N) is 1. The molecule has 12 aromatic rings. The summed E-state index contributed by atoms with van der Waals surface area (Å²) in [5.74, 6) is 0. The minimum Gasteiger partial charge on any atom is -0.455 e. The highest BCUT2D eigenvalue weighted by Crippen LogP contribution is 2.47. The molecular formula is C64H43NO. The molecule has 2 heteroatoms. The van der Waals surface area contributed by atoms with E-state index in [4.69, 9.17) is 4.42 Å². The van der Waals surface area contributed by atoms with E-state index in [-0.39, 0.29) is 0 Å². The molecule has 0 saturated heterocycles. The van der Waals surface area contributed by atoms with Crippen LogP contribution in [0.4, 0.5) is 17.1 Å². The van der Waals surface area contributed by atoms with Crippen LogP contribution in [-0.4, -0.2) is 0 Å². The minimum absolute atomic E-state index is 0.890. The van der Waals surface area contributed by atoms with E-state index in [9.17, 15) is 0 Å². The van der Waals surface area contributed by atoms with E-state index in [2.05, 4.69) is 260 Å². The van der Waals surface area contributed by atoms with Crippen LogP contribution >= 0.6 is 0 Å². The molecule has 0 fully saturated rings. The Morgan fingerprint density at radius 1 is 0.258 bits per heavy atom. The number of benzene rings is 11. The Morgan fingerprint density at radius 2 is 0.758 bits per heavy atom. The van der Waals surface area contributed by atoms with Gasteiger partial charge in [-0.25, -0.2) is 0 Å². The average molecular weight is 842 g/mol. The van der Waals surface area contributed by atoms with Crippen LogP contribution in [0.5, 0.6) is 0 Å². The van der Waals surface area contributed by atoms with Crippen molar-refractivity contribution < 1.29 is 4.42 Å². The van der Waals surface area contributed by atoms with Gasteiger partial charge in [-0.2, -0.15) is 0 Å². The van der Waals surface area contributed by atoms with E-state index < -0.39 is 0 Å². The van der Waals surface area contributed by atoms with E-state index in [0.717, 1.165) is 72.4 Å². The van der Waals surface area contributed by atoms with Gasteiger partial charge >= 0.3 is 0 Å². The first-order valence-corrected chi connectivity index (χ1v) is 22.6. The third-order valence-electron chi connectivity index (χ3n) is 12.9. The van der Waals surface area contributed by atoms with Gasteiger partial charge in [0.1, 0.15) is 11.2 Å². The van der Waals surface area contributed by atoms with Crippen LogP contribution in [0.3, 0.4) is 0 Å². The molecule has 0 amide bonds. The largest absolute Gasteiger partial charge is 0.455 e. The lowest BCUT2D eigenvalue weighted by Gasteiger charge is -2.29. The fourth-order valence-electron chi connectivity index (χ4n) is 9.80. The van der Waals surface area contributed by atoms with Crippen LogP contribution in [0.25, 0.3) is 99.5 Å². The number of hydrogen-bond donors (Lipinski definition) is 0. The summed E-state index contributed by atoms with van der Waals surface area (Å²) in [6.45, 7) is 0. The first kappa shape index (κ1) is 38.9. The molecule has 11 aromatic carbocycles. The van der Waals surface area contributed by atoms with E-state index in [1.165, 1.54) is 44.2 Å². The zero-order valence-electron chi connectivity index (χ0n) is 36.2. The lowest BCUT2D eigenvalue weighted by atomic mass is 9.87. The van der Waals surface area contributed by atoms with Gasteiger partial charge in [0.15, 0.2) is 0 Å². The number of fused-ring (bicyclic) bond motifs is 4. The van der Waals surface area contributed by atoms with Gasteiger partial charge in [-0.15, -0.1) is 0 Å². The average Bonchev–Trinajstić information content (AvgIpc) is 3.78. The predicted molar refractivity (Wildman–Crippen MR) is 279 cm³/mol. The van der Waals surface area contributed by atoms with Crippen LogP contribution in [0.15, 0.2) is 265 Å². The van der Waals surface area contributed by atoms with Crippen LogP contribution < -0.4 is 4.90 Å². The van der Waals surface area contributed by atoms with Crippen LogP contribution in [0.2, 0.25) is 0 Å². The second kappa shape index (κ2) is 16.8. The summed E-state index contributed by atoms with van der Waals surface area (Å²) in [6.07, 6.45) is 0. The molecule has 0 N–H and O–H groups in total. The van der Waals surface area contributed by atoms with Crippen molar-refractivity contribution in [3.63, 3.8) is 0 Å².